The maximum absolute atomic E-state index is 12.6. The summed E-state index contributed by atoms with van der Waals surface area (Å²) in [6.07, 6.45) is 43.2. The summed E-state index contributed by atoms with van der Waals surface area (Å²) in [6.45, 7) is 4.42. The van der Waals surface area contributed by atoms with Crippen LogP contribution in [-0.4, -0.2) is 53.1 Å². The summed E-state index contributed by atoms with van der Waals surface area (Å²) < 4.78 is 32.4. The minimum absolute atomic E-state index is 0.263. The first kappa shape index (κ1) is 47.3. The molecule has 3 atom stereocenters. The molecule has 286 valence electrons. The molecule has 7 nitrogen and oxygen atoms in total. The van der Waals surface area contributed by atoms with Gasteiger partial charge in [0.2, 0.25) is 5.91 Å². The third-order valence-corrected chi connectivity index (χ3v) is 9.57. The van der Waals surface area contributed by atoms with E-state index in [4.69, 9.17) is 0 Å². The van der Waals surface area contributed by atoms with Crippen LogP contribution in [0.1, 0.15) is 181 Å². The van der Waals surface area contributed by atoms with Crippen molar-refractivity contribution in [3.8, 4) is 0 Å². The Labute approximate surface area is 302 Å². The summed E-state index contributed by atoms with van der Waals surface area (Å²) in [6, 6.07) is -1.26. The summed E-state index contributed by atoms with van der Waals surface area (Å²) in [5, 5.41) is 23.3. The molecular formula is C41H75NO6S. The zero-order valence-electron chi connectivity index (χ0n) is 31.4. The van der Waals surface area contributed by atoms with E-state index in [9.17, 15) is 28.0 Å². The lowest BCUT2D eigenvalue weighted by molar-refractivity contribution is -0.130. The summed E-state index contributed by atoms with van der Waals surface area (Å²) in [5.41, 5.74) is 0. The van der Waals surface area contributed by atoms with Crippen LogP contribution in [0.5, 0.6) is 0 Å². The summed E-state index contributed by atoms with van der Waals surface area (Å²) in [5.74, 6) is -1.58. The largest absolute Gasteiger partial charge is 0.387 e. The van der Waals surface area contributed by atoms with Gasteiger partial charge in [0.25, 0.3) is 10.1 Å². The molecule has 0 radical (unpaired) electrons. The highest BCUT2D eigenvalue weighted by atomic mass is 32.2. The van der Waals surface area contributed by atoms with E-state index in [0.29, 0.717) is 12.8 Å². The van der Waals surface area contributed by atoms with E-state index in [1.54, 1.807) is 6.08 Å². The topological polar surface area (TPSA) is 124 Å². The lowest BCUT2D eigenvalue weighted by Crippen LogP contribution is -2.50. The molecule has 0 aromatic carbocycles. The highest BCUT2D eigenvalue weighted by Gasteiger charge is 2.27. The second kappa shape index (κ2) is 34.7. The van der Waals surface area contributed by atoms with Gasteiger partial charge in [0.1, 0.15) is 6.10 Å². The van der Waals surface area contributed by atoms with Crippen LogP contribution in [0.4, 0.5) is 0 Å². The zero-order valence-corrected chi connectivity index (χ0v) is 32.2. The van der Waals surface area contributed by atoms with Crippen LogP contribution < -0.4 is 5.32 Å². The van der Waals surface area contributed by atoms with Gasteiger partial charge in [-0.05, 0) is 64.2 Å². The molecule has 0 aliphatic heterocycles. The minimum Gasteiger partial charge on any atom is -0.387 e. The first-order valence-corrected chi connectivity index (χ1v) is 21.6. The number of rotatable bonds is 35. The molecule has 0 fully saturated rings. The summed E-state index contributed by atoms with van der Waals surface area (Å²) in [7, 11) is -4.45. The number of amides is 1. The second-order valence-electron chi connectivity index (χ2n) is 13.7. The molecule has 49 heavy (non-hydrogen) atoms. The molecular weight excluding hydrogens is 635 g/mol. The van der Waals surface area contributed by atoms with E-state index in [1.165, 1.54) is 96.0 Å². The molecule has 0 saturated carbocycles. The third-order valence-electron chi connectivity index (χ3n) is 8.79. The van der Waals surface area contributed by atoms with Gasteiger partial charge in [-0.25, -0.2) is 0 Å². The number of aliphatic hydroxyl groups excluding tert-OH is 2. The molecule has 0 bridgehead atoms. The molecule has 0 rings (SSSR count). The molecule has 0 aromatic heterocycles. The minimum atomic E-state index is -4.45. The number of aliphatic hydroxyl groups is 2. The van der Waals surface area contributed by atoms with E-state index in [1.807, 2.05) is 0 Å². The number of carbonyl (C=O) groups is 1. The highest BCUT2D eigenvalue weighted by Crippen LogP contribution is 2.14. The van der Waals surface area contributed by atoms with Crippen molar-refractivity contribution in [3.05, 3.63) is 48.6 Å². The SMILES string of the molecule is CCC/C=C/CC/C=C/CC/C=C/C(O)C(CS(=O)(=O)O)NC(=O)C(O)CCCCCCCC/C=C\CCCCCCCCCCCCC. The zero-order chi connectivity index (χ0) is 36.3. The van der Waals surface area contributed by atoms with Crippen molar-refractivity contribution < 1.29 is 28.0 Å². The maximum Gasteiger partial charge on any atom is 0.267 e. The lowest BCUT2D eigenvalue weighted by atomic mass is 10.0. The molecule has 0 heterocycles. The van der Waals surface area contributed by atoms with Crippen LogP contribution in [0.15, 0.2) is 48.6 Å². The average molecular weight is 710 g/mol. The molecule has 8 heteroatoms. The van der Waals surface area contributed by atoms with Crippen LogP contribution in [0.25, 0.3) is 0 Å². The second-order valence-corrected chi connectivity index (χ2v) is 15.2. The Morgan fingerprint density at radius 3 is 1.43 bits per heavy atom. The highest BCUT2D eigenvalue weighted by molar-refractivity contribution is 7.85. The third kappa shape index (κ3) is 34.5. The van der Waals surface area contributed by atoms with Gasteiger partial charge in [0.15, 0.2) is 0 Å². The Hall–Kier alpha value is -1.74. The monoisotopic (exact) mass is 710 g/mol. The van der Waals surface area contributed by atoms with E-state index < -0.39 is 40.0 Å². The molecule has 3 unspecified atom stereocenters. The first-order chi connectivity index (χ1) is 23.7. The van der Waals surface area contributed by atoms with Crippen molar-refractivity contribution in [1.29, 1.82) is 0 Å². The van der Waals surface area contributed by atoms with Gasteiger partial charge in [-0.3, -0.25) is 9.35 Å². The van der Waals surface area contributed by atoms with Gasteiger partial charge in [-0.2, -0.15) is 8.42 Å². The Morgan fingerprint density at radius 2 is 0.959 bits per heavy atom. The fourth-order valence-electron chi connectivity index (χ4n) is 5.72. The average Bonchev–Trinajstić information content (AvgIpc) is 3.06. The Kier molecular flexibility index (Phi) is 33.5. The molecule has 0 aliphatic carbocycles. The van der Waals surface area contributed by atoms with Gasteiger partial charge in [-0.1, -0.05) is 165 Å². The number of hydrogen-bond donors (Lipinski definition) is 4. The number of unbranched alkanes of at least 4 members (excludes halogenated alkanes) is 20. The van der Waals surface area contributed by atoms with Crippen molar-refractivity contribution in [3.63, 3.8) is 0 Å². The maximum atomic E-state index is 12.6. The van der Waals surface area contributed by atoms with Gasteiger partial charge in [0, 0.05) is 0 Å². The Bertz CT molecular complexity index is 974. The summed E-state index contributed by atoms with van der Waals surface area (Å²) in [4.78, 5) is 12.6. The molecule has 4 N–H and O–H groups in total. The van der Waals surface area contributed by atoms with Gasteiger partial charge >= 0.3 is 0 Å². The first-order valence-electron chi connectivity index (χ1n) is 19.9. The van der Waals surface area contributed by atoms with Crippen LogP contribution in [0.2, 0.25) is 0 Å². The van der Waals surface area contributed by atoms with Crippen LogP contribution in [0, 0.1) is 0 Å². The fourth-order valence-corrected chi connectivity index (χ4v) is 6.46. The predicted octanol–water partition coefficient (Wildman–Crippen LogP) is 10.5. The van der Waals surface area contributed by atoms with Gasteiger partial charge < -0.3 is 15.5 Å². The summed E-state index contributed by atoms with van der Waals surface area (Å²) >= 11 is 0. The van der Waals surface area contributed by atoms with Crippen molar-refractivity contribution >= 4 is 16.0 Å². The predicted molar refractivity (Wildman–Crippen MR) is 208 cm³/mol. The van der Waals surface area contributed by atoms with Gasteiger partial charge in [0.05, 0.1) is 17.9 Å². The number of hydrogen-bond acceptors (Lipinski definition) is 5. The molecule has 0 aliphatic rings. The standard InChI is InChI=1S/C41H75NO6S/c1-3-5-7-9-11-13-15-16-17-18-19-20-21-22-23-24-26-28-30-32-34-36-40(44)41(45)42-38(37-49(46,47)48)39(43)35-33-31-29-27-25-14-12-10-8-6-4-2/h8,10,21-22,25,27,33,35,38-40,43-44H,3-7,9,11-20,23-24,26,28-32,34,36-37H2,1-2H3,(H,42,45)(H,46,47,48)/b10-8+,22-21-,27-25+,35-33+. The smallest absolute Gasteiger partial charge is 0.267 e. The molecule has 0 aromatic rings. The molecule has 0 spiro atoms. The van der Waals surface area contributed by atoms with Crippen LogP contribution in [0.3, 0.4) is 0 Å². The van der Waals surface area contributed by atoms with Crippen LogP contribution >= 0.6 is 0 Å². The Balaban J connectivity index is 4.02. The van der Waals surface area contributed by atoms with E-state index in [-0.39, 0.29) is 6.42 Å². The van der Waals surface area contributed by atoms with E-state index in [0.717, 1.165) is 57.8 Å². The van der Waals surface area contributed by atoms with E-state index in [2.05, 4.69) is 55.6 Å². The Morgan fingerprint density at radius 1 is 0.551 bits per heavy atom. The van der Waals surface area contributed by atoms with Crippen molar-refractivity contribution in [2.24, 2.45) is 0 Å². The van der Waals surface area contributed by atoms with Crippen molar-refractivity contribution in [2.75, 3.05) is 5.75 Å². The van der Waals surface area contributed by atoms with E-state index >= 15 is 0 Å². The van der Waals surface area contributed by atoms with Crippen molar-refractivity contribution in [1.82, 2.24) is 5.32 Å². The van der Waals surface area contributed by atoms with Crippen LogP contribution in [-0.2, 0) is 14.9 Å². The number of carbonyl (C=O) groups excluding carboxylic acids is 1. The lowest BCUT2D eigenvalue weighted by Gasteiger charge is -2.22. The number of nitrogens with one attached hydrogen (secondary N) is 1. The normalized spacial score (nSPS) is 14.5. The quantitative estimate of drug-likeness (QED) is 0.0295. The number of allylic oxidation sites excluding steroid dienone is 7. The fraction of sp³-hybridized carbons (Fsp3) is 0.780. The van der Waals surface area contributed by atoms with Crippen molar-refractivity contribution in [2.45, 2.75) is 199 Å². The molecule has 1 amide bonds. The molecule has 0 saturated heterocycles. The van der Waals surface area contributed by atoms with Gasteiger partial charge in [-0.15, -0.1) is 0 Å².